The molecule has 1 unspecified atom stereocenters. The van der Waals surface area contributed by atoms with Gasteiger partial charge in [-0.1, -0.05) is 0 Å². The third kappa shape index (κ3) is 5.07. The molecule has 1 atom stereocenters. The van der Waals surface area contributed by atoms with Gasteiger partial charge < -0.3 is 10.1 Å². The molecule has 0 saturated heterocycles. The van der Waals surface area contributed by atoms with Gasteiger partial charge in [0.25, 0.3) is 0 Å². The lowest BCUT2D eigenvalue weighted by molar-refractivity contribution is 0.00766. The second-order valence-electron chi connectivity index (χ2n) is 5.52. The van der Waals surface area contributed by atoms with Gasteiger partial charge in [0.2, 0.25) is 5.82 Å². The molecule has 5 nitrogen and oxygen atoms in total. The Bertz CT molecular complexity index is 689. The van der Waals surface area contributed by atoms with Crippen molar-refractivity contribution in [2.75, 3.05) is 11.9 Å². The van der Waals surface area contributed by atoms with Crippen LogP contribution >= 0.6 is 0 Å². The molecule has 0 fully saturated rings. The molecule has 8 heteroatoms. The molecule has 0 spiro atoms. The molecule has 0 saturated carbocycles. The number of alkyl halides is 3. The topological polar surface area (TPSA) is 59.9 Å². The van der Waals surface area contributed by atoms with E-state index in [1.165, 1.54) is 19.3 Å². The van der Waals surface area contributed by atoms with Gasteiger partial charge in [-0.3, -0.25) is 4.98 Å². The van der Waals surface area contributed by atoms with Crippen molar-refractivity contribution in [3.05, 3.63) is 36.0 Å². The highest BCUT2D eigenvalue weighted by molar-refractivity contribution is 5.63. The fraction of sp³-hybridized carbons (Fsp3) is 0.438. The number of aryl methyl sites for hydroxylation is 1. The number of anilines is 2. The minimum absolute atomic E-state index is 0.180. The fourth-order valence-electron chi connectivity index (χ4n) is 1.90. The van der Waals surface area contributed by atoms with E-state index in [0.717, 1.165) is 6.92 Å². The van der Waals surface area contributed by atoms with Gasteiger partial charge in [-0.05, 0) is 19.9 Å². The summed E-state index contributed by atoms with van der Waals surface area (Å²) in [6.07, 6.45) is 2.26. The summed E-state index contributed by atoms with van der Waals surface area (Å²) in [6.45, 7) is 3.97. The number of hydrogen-bond donors (Lipinski definition) is 1. The number of hydrogen-bond acceptors (Lipinski definition) is 5. The first-order valence-corrected chi connectivity index (χ1v) is 7.47. The Kier molecular flexibility index (Phi) is 5.58. The first kappa shape index (κ1) is 18.0. The van der Waals surface area contributed by atoms with E-state index in [0.29, 0.717) is 17.1 Å². The van der Waals surface area contributed by atoms with Crippen molar-refractivity contribution in [1.82, 2.24) is 15.0 Å². The molecule has 0 aromatic carbocycles. The van der Waals surface area contributed by atoms with Crippen molar-refractivity contribution in [3.8, 4) is 5.75 Å². The van der Waals surface area contributed by atoms with Crippen LogP contribution in [-0.4, -0.2) is 27.7 Å². The molecule has 2 heterocycles. The monoisotopic (exact) mass is 340 g/mol. The Morgan fingerprint density at radius 1 is 1.33 bits per heavy atom. The predicted octanol–water partition coefficient (Wildman–Crippen LogP) is 4.16. The van der Waals surface area contributed by atoms with Gasteiger partial charge in [0.15, 0.2) is 5.75 Å². The summed E-state index contributed by atoms with van der Waals surface area (Å²) >= 11 is 0. The van der Waals surface area contributed by atoms with Crippen LogP contribution in [0.4, 0.5) is 24.7 Å². The molecule has 2 rings (SSSR count). The van der Waals surface area contributed by atoms with Gasteiger partial charge in [0, 0.05) is 31.3 Å². The molecular weight excluding hydrogens is 321 g/mol. The summed E-state index contributed by atoms with van der Waals surface area (Å²) in [7, 11) is 0. The highest BCUT2D eigenvalue weighted by Crippen LogP contribution is 2.29. The number of halogens is 3. The SMILES string of the molecule is Cc1cc(Nc2ccncc2OCCC(C)F)nc(C(C)(F)F)n1. The molecular formula is C16H19F3N4O. The van der Waals surface area contributed by atoms with Crippen LogP contribution in [0, 0.1) is 6.92 Å². The lowest BCUT2D eigenvalue weighted by Crippen LogP contribution is -2.14. The van der Waals surface area contributed by atoms with Gasteiger partial charge in [0.05, 0.1) is 18.5 Å². The molecule has 0 aliphatic heterocycles. The van der Waals surface area contributed by atoms with Crippen molar-refractivity contribution >= 4 is 11.5 Å². The maximum atomic E-state index is 13.5. The van der Waals surface area contributed by atoms with Crippen molar-refractivity contribution in [2.24, 2.45) is 0 Å². The van der Waals surface area contributed by atoms with Crippen molar-refractivity contribution in [3.63, 3.8) is 0 Å². The van der Waals surface area contributed by atoms with E-state index in [-0.39, 0.29) is 18.8 Å². The van der Waals surface area contributed by atoms with Gasteiger partial charge in [-0.25, -0.2) is 14.4 Å². The first-order chi connectivity index (χ1) is 11.3. The first-order valence-electron chi connectivity index (χ1n) is 7.47. The average Bonchev–Trinajstić information content (AvgIpc) is 2.47. The third-order valence-electron chi connectivity index (χ3n) is 3.07. The minimum Gasteiger partial charge on any atom is -0.490 e. The molecule has 0 radical (unpaired) electrons. The lowest BCUT2D eigenvalue weighted by atomic mass is 10.3. The normalized spacial score (nSPS) is 12.8. The Balaban J connectivity index is 2.21. The largest absolute Gasteiger partial charge is 0.490 e. The van der Waals surface area contributed by atoms with E-state index in [1.54, 1.807) is 19.1 Å². The highest BCUT2D eigenvalue weighted by atomic mass is 19.3. The van der Waals surface area contributed by atoms with Crippen LogP contribution in [0.1, 0.15) is 31.8 Å². The molecule has 1 N–H and O–H groups in total. The summed E-state index contributed by atoms with van der Waals surface area (Å²) in [6, 6.07) is 3.17. The molecule has 0 aliphatic carbocycles. The van der Waals surface area contributed by atoms with Crippen LogP contribution in [-0.2, 0) is 5.92 Å². The van der Waals surface area contributed by atoms with Gasteiger partial charge in [-0.2, -0.15) is 8.78 Å². The lowest BCUT2D eigenvalue weighted by Gasteiger charge is -2.15. The Morgan fingerprint density at radius 2 is 2.08 bits per heavy atom. The van der Waals surface area contributed by atoms with E-state index in [9.17, 15) is 13.2 Å². The molecule has 2 aromatic rings. The Morgan fingerprint density at radius 3 is 2.75 bits per heavy atom. The van der Waals surface area contributed by atoms with E-state index in [1.807, 2.05) is 0 Å². The van der Waals surface area contributed by atoms with Gasteiger partial charge in [0.1, 0.15) is 12.0 Å². The second kappa shape index (κ2) is 7.46. The quantitative estimate of drug-likeness (QED) is 0.820. The Labute approximate surface area is 138 Å². The van der Waals surface area contributed by atoms with Crippen molar-refractivity contribution < 1.29 is 17.9 Å². The van der Waals surface area contributed by atoms with Crippen LogP contribution < -0.4 is 10.1 Å². The second-order valence-corrected chi connectivity index (χ2v) is 5.52. The number of nitrogens with zero attached hydrogens (tertiary/aromatic N) is 3. The zero-order valence-corrected chi connectivity index (χ0v) is 13.7. The van der Waals surface area contributed by atoms with Crippen LogP contribution in [0.2, 0.25) is 0 Å². The maximum absolute atomic E-state index is 13.5. The summed E-state index contributed by atoms with van der Waals surface area (Å²) in [5.74, 6) is -3.10. The number of rotatable bonds is 7. The predicted molar refractivity (Wildman–Crippen MR) is 84.5 cm³/mol. The zero-order valence-electron chi connectivity index (χ0n) is 13.7. The van der Waals surface area contributed by atoms with Crippen LogP contribution in [0.5, 0.6) is 5.75 Å². The van der Waals surface area contributed by atoms with E-state index in [2.05, 4.69) is 20.3 Å². The third-order valence-corrected chi connectivity index (χ3v) is 3.07. The number of aromatic nitrogens is 3. The molecule has 130 valence electrons. The highest BCUT2D eigenvalue weighted by Gasteiger charge is 2.29. The molecule has 0 aliphatic rings. The summed E-state index contributed by atoms with van der Waals surface area (Å²) in [5.41, 5.74) is 0.909. The maximum Gasteiger partial charge on any atom is 0.303 e. The van der Waals surface area contributed by atoms with E-state index >= 15 is 0 Å². The molecule has 24 heavy (non-hydrogen) atoms. The number of nitrogens with one attached hydrogen (secondary N) is 1. The van der Waals surface area contributed by atoms with Crippen LogP contribution in [0.25, 0.3) is 0 Å². The molecule has 0 bridgehead atoms. The fourth-order valence-corrected chi connectivity index (χ4v) is 1.90. The van der Waals surface area contributed by atoms with Gasteiger partial charge in [-0.15, -0.1) is 0 Å². The molecule has 2 aromatic heterocycles. The van der Waals surface area contributed by atoms with E-state index < -0.39 is 17.9 Å². The standard InChI is InChI=1S/C16H19F3N4O/c1-10(17)5-7-24-13-9-20-6-4-12(13)22-14-8-11(2)21-15(23-14)16(3,18)19/h4,6,8-10H,5,7H2,1-3H3,(H,20,21,22,23). The number of ether oxygens (including phenoxy) is 1. The Hall–Kier alpha value is -2.38. The molecule has 0 amide bonds. The van der Waals surface area contributed by atoms with E-state index in [4.69, 9.17) is 4.74 Å². The minimum atomic E-state index is -3.14. The smallest absolute Gasteiger partial charge is 0.303 e. The van der Waals surface area contributed by atoms with Crippen molar-refractivity contribution in [2.45, 2.75) is 39.3 Å². The summed E-state index contributed by atoms with van der Waals surface area (Å²) in [5, 5.41) is 2.92. The zero-order chi connectivity index (χ0) is 17.7. The summed E-state index contributed by atoms with van der Waals surface area (Å²) in [4.78, 5) is 11.5. The van der Waals surface area contributed by atoms with Crippen molar-refractivity contribution in [1.29, 1.82) is 0 Å². The average molecular weight is 340 g/mol. The van der Waals surface area contributed by atoms with Gasteiger partial charge >= 0.3 is 5.92 Å². The van der Waals surface area contributed by atoms with Crippen LogP contribution in [0.3, 0.4) is 0 Å². The van der Waals surface area contributed by atoms with Crippen LogP contribution in [0.15, 0.2) is 24.5 Å². The number of pyridine rings is 1. The summed E-state index contributed by atoms with van der Waals surface area (Å²) < 4.78 is 45.2.